The smallest absolute Gasteiger partial charge is 0.254 e. The number of anilines is 1. The summed E-state index contributed by atoms with van der Waals surface area (Å²) < 4.78 is 7.67. The van der Waals surface area contributed by atoms with E-state index in [4.69, 9.17) is 4.74 Å². The number of carbonyl (C=O) groups excluding carboxylic acids is 1. The lowest BCUT2D eigenvalue weighted by Crippen LogP contribution is -2.47. The van der Waals surface area contributed by atoms with Crippen LogP contribution in [0.5, 0.6) is 0 Å². The Morgan fingerprint density at radius 1 is 1.10 bits per heavy atom. The van der Waals surface area contributed by atoms with Gasteiger partial charge in [-0.15, -0.1) is 5.10 Å². The second-order valence-corrected chi connectivity index (χ2v) is 7.45. The molecule has 4 heterocycles. The predicted octanol–water partition coefficient (Wildman–Crippen LogP) is 1.36. The average Bonchev–Trinajstić information content (AvgIpc) is 3.45. The molecule has 0 saturated carbocycles. The highest BCUT2D eigenvalue weighted by Crippen LogP contribution is 2.24. The lowest BCUT2D eigenvalue weighted by Gasteiger charge is -2.33. The van der Waals surface area contributed by atoms with Gasteiger partial charge < -0.3 is 14.5 Å². The van der Waals surface area contributed by atoms with Crippen molar-refractivity contribution >= 4 is 22.9 Å². The van der Waals surface area contributed by atoms with E-state index >= 15 is 0 Å². The summed E-state index contributed by atoms with van der Waals surface area (Å²) >= 11 is 0. The van der Waals surface area contributed by atoms with Crippen molar-refractivity contribution in [2.24, 2.45) is 0 Å². The number of benzene rings is 1. The second-order valence-electron chi connectivity index (χ2n) is 7.45. The van der Waals surface area contributed by atoms with Crippen LogP contribution in [-0.2, 0) is 11.3 Å². The predicted molar refractivity (Wildman–Crippen MR) is 107 cm³/mol. The topological polar surface area (TPSA) is 89.3 Å². The summed E-state index contributed by atoms with van der Waals surface area (Å²) in [5.74, 6) is 0.880. The highest BCUT2D eigenvalue weighted by molar-refractivity contribution is 5.94. The number of ether oxygens (including phenoxy) is 1. The maximum atomic E-state index is 12.8. The highest BCUT2D eigenvalue weighted by atomic mass is 16.5. The Hall–Kier alpha value is -3.07. The van der Waals surface area contributed by atoms with Crippen LogP contribution in [0.25, 0.3) is 11.2 Å². The highest BCUT2D eigenvalue weighted by Gasteiger charge is 2.27. The molecule has 2 saturated heterocycles. The lowest BCUT2D eigenvalue weighted by molar-refractivity contribution is -0.0297. The van der Waals surface area contributed by atoms with Crippen LogP contribution >= 0.6 is 0 Å². The summed E-state index contributed by atoms with van der Waals surface area (Å²) in [7, 11) is 0. The number of aromatic nitrogens is 5. The molecular formula is C20H23N7O2. The van der Waals surface area contributed by atoms with Gasteiger partial charge in [-0.3, -0.25) is 4.79 Å². The third-order valence-electron chi connectivity index (χ3n) is 5.51. The van der Waals surface area contributed by atoms with Crippen molar-refractivity contribution < 1.29 is 9.53 Å². The molecule has 0 unspecified atom stereocenters. The minimum atomic E-state index is -0.161. The first-order valence-electron chi connectivity index (χ1n) is 10.0. The summed E-state index contributed by atoms with van der Waals surface area (Å²) in [6.45, 7) is 4.07. The van der Waals surface area contributed by atoms with Crippen LogP contribution in [-0.4, -0.2) is 74.7 Å². The summed E-state index contributed by atoms with van der Waals surface area (Å²) in [4.78, 5) is 25.7. The molecule has 2 aromatic heterocycles. The molecule has 0 bridgehead atoms. The Bertz CT molecular complexity index is 1000. The maximum Gasteiger partial charge on any atom is 0.254 e. The fraction of sp³-hybridized carbons (Fsp3) is 0.450. The van der Waals surface area contributed by atoms with Gasteiger partial charge in [0.2, 0.25) is 0 Å². The van der Waals surface area contributed by atoms with E-state index in [1.807, 2.05) is 35.2 Å². The fourth-order valence-corrected chi connectivity index (χ4v) is 4.03. The van der Waals surface area contributed by atoms with E-state index in [2.05, 4.69) is 25.2 Å². The van der Waals surface area contributed by atoms with E-state index in [0.717, 1.165) is 24.4 Å². The van der Waals surface area contributed by atoms with Crippen LogP contribution in [0.4, 0.5) is 5.82 Å². The monoisotopic (exact) mass is 393 g/mol. The number of amides is 1. The van der Waals surface area contributed by atoms with E-state index < -0.39 is 0 Å². The van der Waals surface area contributed by atoms with Crippen molar-refractivity contribution in [3.05, 3.63) is 42.2 Å². The SMILES string of the molecule is O=C(c1ccccc1)N1CCO[C@H](Cn2nnc3c(N4CCCC4)ncnc32)C1. The van der Waals surface area contributed by atoms with Crippen molar-refractivity contribution in [3.63, 3.8) is 0 Å². The molecule has 2 aliphatic heterocycles. The molecule has 1 atom stereocenters. The molecule has 3 aromatic rings. The van der Waals surface area contributed by atoms with Gasteiger partial charge in [0.1, 0.15) is 6.33 Å². The minimum absolute atomic E-state index is 0.0287. The van der Waals surface area contributed by atoms with Crippen molar-refractivity contribution in [1.82, 2.24) is 29.9 Å². The number of rotatable bonds is 4. The van der Waals surface area contributed by atoms with Crippen LogP contribution in [0.15, 0.2) is 36.7 Å². The van der Waals surface area contributed by atoms with Crippen molar-refractivity contribution in [3.8, 4) is 0 Å². The quantitative estimate of drug-likeness (QED) is 0.661. The summed E-state index contributed by atoms with van der Waals surface area (Å²) in [5.41, 5.74) is 2.13. The minimum Gasteiger partial charge on any atom is -0.373 e. The molecule has 5 rings (SSSR count). The fourth-order valence-electron chi connectivity index (χ4n) is 4.03. The van der Waals surface area contributed by atoms with Gasteiger partial charge in [-0.05, 0) is 25.0 Å². The first kappa shape index (κ1) is 18.0. The van der Waals surface area contributed by atoms with Crippen LogP contribution in [0.1, 0.15) is 23.2 Å². The average molecular weight is 393 g/mol. The number of morpholine rings is 1. The lowest BCUT2D eigenvalue weighted by atomic mass is 10.1. The molecule has 2 aliphatic rings. The Kier molecular flexibility index (Phi) is 4.81. The molecule has 1 amide bonds. The number of nitrogens with zero attached hydrogens (tertiary/aromatic N) is 7. The third kappa shape index (κ3) is 3.53. The normalized spacial score (nSPS) is 19.8. The molecule has 150 valence electrons. The Morgan fingerprint density at radius 2 is 1.93 bits per heavy atom. The molecule has 9 nitrogen and oxygen atoms in total. The van der Waals surface area contributed by atoms with Gasteiger partial charge in [-0.1, -0.05) is 23.4 Å². The van der Waals surface area contributed by atoms with Crippen LogP contribution in [0.2, 0.25) is 0 Å². The molecule has 2 fully saturated rings. The van der Waals surface area contributed by atoms with E-state index in [9.17, 15) is 4.79 Å². The summed E-state index contributed by atoms with van der Waals surface area (Å²) in [6, 6.07) is 9.35. The Morgan fingerprint density at radius 3 is 2.76 bits per heavy atom. The summed E-state index contributed by atoms with van der Waals surface area (Å²) in [5, 5.41) is 8.64. The van der Waals surface area contributed by atoms with Gasteiger partial charge in [0.05, 0.1) is 19.3 Å². The molecular weight excluding hydrogens is 370 g/mol. The maximum absolute atomic E-state index is 12.8. The zero-order valence-electron chi connectivity index (χ0n) is 16.1. The van der Waals surface area contributed by atoms with E-state index in [1.165, 1.54) is 12.8 Å². The van der Waals surface area contributed by atoms with Crippen LogP contribution < -0.4 is 4.90 Å². The van der Waals surface area contributed by atoms with E-state index in [0.29, 0.717) is 37.5 Å². The third-order valence-corrected chi connectivity index (χ3v) is 5.51. The van der Waals surface area contributed by atoms with E-state index in [1.54, 1.807) is 11.0 Å². The standard InChI is InChI=1S/C20H23N7O2/c28-20(15-6-2-1-3-7-15)26-10-11-29-16(12-26)13-27-19-17(23-24-27)18(21-14-22-19)25-8-4-5-9-25/h1-3,6-7,14,16H,4-5,8-13H2/t16-/m0/s1. The van der Waals surface area contributed by atoms with Crippen molar-refractivity contribution in [2.75, 3.05) is 37.7 Å². The largest absolute Gasteiger partial charge is 0.373 e. The molecule has 0 aliphatic carbocycles. The van der Waals surface area contributed by atoms with Gasteiger partial charge in [-0.2, -0.15) is 0 Å². The zero-order valence-corrected chi connectivity index (χ0v) is 16.1. The van der Waals surface area contributed by atoms with Gasteiger partial charge in [0.15, 0.2) is 17.0 Å². The molecule has 0 spiro atoms. The summed E-state index contributed by atoms with van der Waals surface area (Å²) in [6.07, 6.45) is 3.75. The molecule has 0 radical (unpaired) electrons. The molecule has 9 heteroatoms. The first-order valence-corrected chi connectivity index (χ1v) is 10.0. The first-order chi connectivity index (χ1) is 14.3. The second kappa shape index (κ2) is 7.75. The van der Waals surface area contributed by atoms with Gasteiger partial charge in [0.25, 0.3) is 5.91 Å². The molecule has 1 aromatic carbocycles. The van der Waals surface area contributed by atoms with Crippen LogP contribution in [0, 0.1) is 0 Å². The number of carbonyl (C=O) groups is 1. The number of hydrogen-bond donors (Lipinski definition) is 0. The van der Waals surface area contributed by atoms with Crippen LogP contribution in [0.3, 0.4) is 0 Å². The Balaban J connectivity index is 1.33. The Labute approximate surface area is 168 Å². The van der Waals surface area contributed by atoms with Crippen molar-refractivity contribution in [1.29, 1.82) is 0 Å². The number of hydrogen-bond acceptors (Lipinski definition) is 7. The number of fused-ring (bicyclic) bond motifs is 1. The zero-order chi connectivity index (χ0) is 19.6. The van der Waals surface area contributed by atoms with Gasteiger partial charge in [-0.25, -0.2) is 14.6 Å². The van der Waals surface area contributed by atoms with E-state index in [-0.39, 0.29) is 12.0 Å². The molecule has 29 heavy (non-hydrogen) atoms. The van der Waals surface area contributed by atoms with Gasteiger partial charge >= 0.3 is 0 Å². The molecule has 0 N–H and O–H groups in total. The van der Waals surface area contributed by atoms with Crippen molar-refractivity contribution in [2.45, 2.75) is 25.5 Å². The van der Waals surface area contributed by atoms with Gasteiger partial charge in [0, 0.05) is 31.7 Å².